The van der Waals surface area contributed by atoms with Crippen LogP contribution in [-0.4, -0.2) is 49.3 Å². The fourth-order valence-corrected chi connectivity index (χ4v) is 1.35. The Kier molecular flexibility index (Phi) is 6.78. The van der Waals surface area contributed by atoms with Crippen LogP contribution in [0.1, 0.15) is 20.3 Å². The summed E-state index contributed by atoms with van der Waals surface area (Å²) in [5.41, 5.74) is 0. The Hall–Kier alpha value is -1.34. The molecule has 0 saturated heterocycles. The highest BCUT2D eigenvalue weighted by molar-refractivity contribution is 5.84. The second-order valence-corrected chi connectivity index (χ2v) is 4.39. The van der Waals surface area contributed by atoms with Gasteiger partial charge in [0.25, 0.3) is 5.91 Å². The van der Waals surface area contributed by atoms with E-state index in [0.717, 1.165) is 7.11 Å². The van der Waals surface area contributed by atoms with E-state index in [-0.39, 0.29) is 25.4 Å². The number of nitrogens with zero attached hydrogens (tertiary/aromatic N) is 1. The Labute approximate surface area is 108 Å². The van der Waals surface area contributed by atoms with Crippen molar-refractivity contribution in [2.45, 2.75) is 32.6 Å². The van der Waals surface area contributed by atoms with E-state index in [1.807, 2.05) is 0 Å². The number of rotatable bonds is 7. The standard InChI is InChI=1S/C11H17F4NO3/c1-7(2)6-16(5-4-8(17)19-3)10(18)11(14,15)9(12)13/h7,9H,4-6H2,1-3H3. The van der Waals surface area contributed by atoms with Crippen molar-refractivity contribution in [3.63, 3.8) is 0 Å². The lowest BCUT2D eigenvalue weighted by molar-refractivity contribution is -0.181. The van der Waals surface area contributed by atoms with Gasteiger partial charge in [0, 0.05) is 13.1 Å². The number of amides is 1. The van der Waals surface area contributed by atoms with Gasteiger partial charge in [0.2, 0.25) is 0 Å². The van der Waals surface area contributed by atoms with Gasteiger partial charge >= 0.3 is 18.3 Å². The molecule has 19 heavy (non-hydrogen) atoms. The third kappa shape index (κ3) is 5.44. The summed E-state index contributed by atoms with van der Waals surface area (Å²) >= 11 is 0. The van der Waals surface area contributed by atoms with Crippen LogP contribution in [0.3, 0.4) is 0 Å². The third-order valence-electron chi connectivity index (χ3n) is 2.25. The van der Waals surface area contributed by atoms with Crippen LogP contribution in [0, 0.1) is 5.92 Å². The summed E-state index contributed by atoms with van der Waals surface area (Å²) in [5.74, 6) is -7.62. The van der Waals surface area contributed by atoms with E-state index >= 15 is 0 Å². The van der Waals surface area contributed by atoms with E-state index in [1.54, 1.807) is 13.8 Å². The van der Waals surface area contributed by atoms with E-state index in [0.29, 0.717) is 4.90 Å². The summed E-state index contributed by atoms with van der Waals surface area (Å²) in [7, 11) is 1.10. The maximum Gasteiger partial charge on any atom is 0.383 e. The molecule has 0 atom stereocenters. The molecule has 0 aromatic rings. The molecule has 0 rings (SSSR count). The third-order valence-corrected chi connectivity index (χ3v) is 2.25. The largest absolute Gasteiger partial charge is 0.469 e. The summed E-state index contributed by atoms with van der Waals surface area (Å²) < 4.78 is 54.6. The Bertz CT molecular complexity index is 321. The first-order valence-electron chi connectivity index (χ1n) is 5.65. The number of carbonyl (C=O) groups is 2. The smallest absolute Gasteiger partial charge is 0.383 e. The number of esters is 1. The van der Waals surface area contributed by atoms with Crippen LogP contribution in [0.25, 0.3) is 0 Å². The zero-order chi connectivity index (χ0) is 15.2. The molecular weight excluding hydrogens is 270 g/mol. The van der Waals surface area contributed by atoms with E-state index in [9.17, 15) is 27.2 Å². The van der Waals surface area contributed by atoms with E-state index < -0.39 is 24.2 Å². The van der Waals surface area contributed by atoms with Crippen molar-refractivity contribution in [1.29, 1.82) is 0 Å². The number of alkyl halides is 4. The van der Waals surface area contributed by atoms with Gasteiger partial charge in [-0.05, 0) is 5.92 Å². The SMILES string of the molecule is COC(=O)CCN(CC(C)C)C(=O)C(F)(F)C(F)F. The minimum absolute atomic E-state index is 0.141. The Morgan fingerprint density at radius 3 is 2.16 bits per heavy atom. The van der Waals surface area contributed by atoms with Crippen LogP contribution in [0.15, 0.2) is 0 Å². The number of methoxy groups -OCH3 is 1. The highest BCUT2D eigenvalue weighted by Gasteiger charge is 2.51. The van der Waals surface area contributed by atoms with Crippen LogP contribution >= 0.6 is 0 Å². The Morgan fingerprint density at radius 2 is 1.79 bits per heavy atom. The molecule has 0 spiro atoms. The van der Waals surface area contributed by atoms with Crippen LogP contribution < -0.4 is 0 Å². The van der Waals surface area contributed by atoms with E-state index in [2.05, 4.69) is 4.74 Å². The second-order valence-electron chi connectivity index (χ2n) is 4.39. The topological polar surface area (TPSA) is 46.6 Å². The van der Waals surface area contributed by atoms with Crippen molar-refractivity contribution in [3.05, 3.63) is 0 Å². The lowest BCUT2D eigenvalue weighted by atomic mass is 10.1. The van der Waals surface area contributed by atoms with Crippen LogP contribution in [-0.2, 0) is 14.3 Å². The number of hydrogen-bond acceptors (Lipinski definition) is 3. The van der Waals surface area contributed by atoms with Crippen molar-refractivity contribution in [2.24, 2.45) is 5.92 Å². The quantitative estimate of drug-likeness (QED) is 0.531. The maximum atomic E-state index is 13.0. The molecule has 0 aliphatic heterocycles. The van der Waals surface area contributed by atoms with Gasteiger partial charge in [-0.3, -0.25) is 9.59 Å². The first kappa shape index (κ1) is 17.7. The summed E-state index contributed by atoms with van der Waals surface area (Å²) in [6.07, 6.45) is -4.40. The van der Waals surface area contributed by atoms with Crippen molar-refractivity contribution in [3.8, 4) is 0 Å². The van der Waals surface area contributed by atoms with Crippen molar-refractivity contribution >= 4 is 11.9 Å². The molecule has 0 aliphatic carbocycles. The number of halogens is 4. The van der Waals surface area contributed by atoms with Gasteiger partial charge in [0.15, 0.2) is 0 Å². The zero-order valence-electron chi connectivity index (χ0n) is 11.0. The molecule has 0 aliphatic rings. The lowest BCUT2D eigenvalue weighted by Gasteiger charge is -2.27. The number of ether oxygens (including phenoxy) is 1. The minimum atomic E-state index is -4.75. The van der Waals surface area contributed by atoms with Gasteiger partial charge in [-0.2, -0.15) is 8.78 Å². The summed E-state index contributed by atoms with van der Waals surface area (Å²) in [6.45, 7) is 2.75. The van der Waals surface area contributed by atoms with Crippen LogP contribution in [0.5, 0.6) is 0 Å². The maximum absolute atomic E-state index is 13.0. The molecule has 0 aromatic carbocycles. The lowest BCUT2D eigenvalue weighted by Crippen LogP contribution is -2.49. The molecule has 0 saturated carbocycles. The Balaban J connectivity index is 4.83. The molecular formula is C11H17F4NO3. The molecule has 0 radical (unpaired) electrons. The summed E-state index contributed by atoms with van der Waals surface area (Å²) in [6, 6.07) is 0. The van der Waals surface area contributed by atoms with E-state index in [1.165, 1.54) is 0 Å². The average Bonchev–Trinajstić information content (AvgIpc) is 2.32. The molecule has 8 heteroatoms. The second kappa shape index (κ2) is 7.30. The fraction of sp³-hybridized carbons (Fsp3) is 0.818. The van der Waals surface area contributed by atoms with Gasteiger partial charge in [0.1, 0.15) is 0 Å². The fourth-order valence-electron chi connectivity index (χ4n) is 1.35. The van der Waals surface area contributed by atoms with Gasteiger partial charge in [-0.1, -0.05) is 13.8 Å². The van der Waals surface area contributed by atoms with Gasteiger partial charge in [-0.25, -0.2) is 8.78 Å². The van der Waals surface area contributed by atoms with Gasteiger partial charge in [-0.15, -0.1) is 0 Å². The highest BCUT2D eigenvalue weighted by atomic mass is 19.3. The number of carbonyl (C=O) groups excluding carboxylic acids is 2. The van der Waals surface area contributed by atoms with Crippen LogP contribution in [0.2, 0.25) is 0 Å². The average molecular weight is 287 g/mol. The van der Waals surface area contributed by atoms with Crippen LogP contribution in [0.4, 0.5) is 17.6 Å². The zero-order valence-corrected chi connectivity index (χ0v) is 11.0. The summed E-state index contributed by atoms with van der Waals surface area (Å²) in [4.78, 5) is 22.9. The molecule has 0 heterocycles. The van der Waals surface area contributed by atoms with Crippen molar-refractivity contribution in [2.75, 3.05) is 20.2 Å². The predicted molar refractivity (Wildman–Crippen MR) is 59.0 cm³/mol. The molecule has 1 amide bonds. The minimum Gasteiger partial charge on any atom is -0.469 e. The van der Waals surface area contributed by atoms with Crippen molar-refractivity contribution in [1.82, 2.24) is 4.90 Å². The molecule has 0 bridgehead atoms. The monoisotopic (exact) mass is 287 g/mol. The predicted octanol–water partition coefficient (Wildman–Crippen LogP) is 1.93. The molecule has 0 N–H and O–H groups in total. The Morgan fingerprint density at radius 1 is 1.26 bits per heavy atom. The summed E-state index contributed by atoms with van der Waals surface area (Å²) in [5, 5.41) is 0. The van der Waals surface area contributed by atoms with Gasteiger partial charge < -0.3 is 9.64 Å². The molecule has 112 valence electrons. The first-order valence-corrected chi connectivity index (χ1v) is 5.65. The molecule has 0 aromatic heterocycles. The normalized spacial score (nSPS) is 11.8. The number of hydrogen-bond donors (Lipinski definition) is 0. The highest BCUT2D eigenvalue weighted by Crippen LogP contribution is 2.26. The molecule has 4 nitrogen and oxygen atoms in total. The van der Waals surface area contributed by atoms with Crippen molar-refractivity contribution < 1.29 is 31.9 Å². The first-order chi connectivity index (χ1) is 8.62. The molecule has 0 fully saturated rings. The van der Waals surface area contributed by atoms with E-state index in [4.69, 9.17) is 0 Å². The molecule has 0 unspecified atom stereocenters. The van der Waals surface area contributed by atoms with Gasteiger partial charge in [0.05, 0.1) is 13.5 Å².